The van der Waals surface area contributed by atoms with Crippen molar-refractivity contribution in [2.24, 2.45) is 0 Å². The lowest BCUT2D eigenvalue weighted by Gasteiger charge is -2.23. The van der Waals surface area contributed by atoms with Crippen LogP contribution in [0.4, 0.5) is 5.82 Å². The first-order valence-electron chi connectivity index (χ1n) is 10.3. The number of nitrogens with zero attached hydrogens (tertiary/aromatic N) is 5. The van der Waals surface area contributed by atoms with Gasteiger partial charge in [-0.05, 0) is 17.6 Å². The predicted molar refractivity (Wildman–Crippen MR) is 126 cm³/mol. The summed E-state index contributed by atoms with van der Waals surface area (Å²) in [6.07, 6.45) is 3.10. The number of hydrogen-bond acceptors (Lipinski definition) is 8. The molecule has 4 atom stereocenters. The fraction of sp³-hybridized carbons (Fsp3) is 0.429. The van der Waals surface area contributed by atoms with Crippen LogP contribution in [0.25, 0.3) is 11.3 Å². The van der Waals surface area contributed by atoms with Gasteiger partial charge in [0, 0.05) is 17.0 Å². The van der Waals surface area contributed by atoms with Crippen molar-refractivity contribution in [1.82, 2.24) is 24.5 Å². The van der Waals surface area contributed by atoms with Gasteiger partial charge in [0.15, 0.2) is 6.23 Å². The number of benzene rings is 1. The second kappa shape index (κ2) is 9.88. The average Bonchev–Trinajstić information content (AvgIpc) is 3.36. The first kappa shape index (κ1) is 21.9. The molecule has 3 heterocycles. The normalized spacial score (nSPS) is 23.3. The Morgan fingerprint density at radius 3 is 2.55 bits per heavy atom. The van der Waals surface area contributed by atoms with Crippen LogP contribution in [0.1, 0.15) is 20.1 Å². The molecule has 1 aliphatic heterocycles. The van der Waals surface area contributed by atoms with Crippen molar-refractivity contribution >= 4 is 29.3 Å². The van der Waals surface area contributed by atoms with Gasteiger partial charge < -0.3 is 10.5 Å². The lowest BCUT2D eigenvalue weighted by molar-refractivity contribution is -0.00706. The number of hydrogen-bond donors (Lipinski definition) is 1. The maximum Gasteiger partial charge on any atom is 0.351 e. The highest BCUT2D eigenvalue weighted by Gasteiger charge is 2.46. The van der Waals surface area contributed by atoms with E-state index in [0.717, 1.165) is 22.8 Å². The Kier molecular flexibility index (Phi) is 6.99. The molecule has 2 N–H and O–H groups in total. The summed E-state index contributed by atoms with van der Waals surface area (Å²) in [5.74, 6) is 2.10. The largest absolute Gasteiger partial charge is 0.383 e. The quantitative estimate of drug-likeness (QED) is 0.550. The number of rotatable bonds is 8. The summed E-state index contributed by atoms with van der Waals surface area (Å²) in [7, 11) is 0. The third kappa shape index (κ3) is 4.81. The van der Waals surface area contributed by atoms with Gasteiger partial charge in [-0.25, -0.2) is 9.48 Å². The van der Waals surface area contributed by atoms with Gasteiger partial charge in [0.1, 0.15) is 11.5 Å². The van der Waals surface area contributed by atoms with Crippen molar-refractivity contribution in [3.05, 3.63) is 59.3 Å². The van der Waals surface area contributed by atoms with Crippen LogP contribution >= 0.6 is 23.5 Å². The number of aromatic nitrogens is 5. The second-order valence-electron chi connectivity index (χ2n) is 7.14. The van der Waals surface area contributed by atoms with E-state index in [0.29, 0.717) is 6.54 Å². The maximum atomic E-state index is 12.5. The van der Waals surface area contributed by atoms with Gasteiger partial charge >= 0.3 is 5.69 Å². The minimum Gasteiger partial charge on any atom is -0.383 e. The molecule has 31 heavy (non-hydrogen) atoms. The van der Waals surface area contributed by atoms with E-state index in [9.17, 15) is 4.79 Å². The molecule has 0 spiro atoms. The van der Waals surface area contributed by atoms with Crippen LogP contribution < -0.4 is 11.4 Å². The SMILES string of the molecule is CCS[C@@H]1[C@H](SCC)[C@@H](Cn2cc(-c3ccccc3)nn2)O[C@H]1n1ccc(N)nc1=O. The van der Waals surface area contributed by atoms with Gasteiger partial charge in [-0.3, -0.25) is 4.57 Å². The Morgan fingerprint density at radius 2 is 1.84 bits per heavy atom. The third-order valence-electron chi connectivity index (χ3n) is 5.10. The fourth-order valence-corrected chi connectivity index (χ4v) is 6.43. The summed E-state index contributed by atoms with van der Waals surface area (Å²) in [6.45, 7) is 4.82. The Morgan fingerprint density at radius 1 is 1.10 bits per heavy atom. The molecule has 8 nitrogen and oxygen atoms in total. The molecule has 0 saturated carbocycles. The Hall–Kier alpha value is -2.30. The van der Waals surface area contributed by atoms with Crippen molar-refractivity contribution in [3.63, 3.8) is 0 Å². The predicted octanol–water partition coefficient (Wildman–Crippen LogP) is 2.92. The molecule has 0 bridgehead atoms. The number of thioether (sulfide) groups is 2. The van der Waals surface area contributed by atoms with Crippen LogP contribution in [0.3, 0.4) is 0 Å². The maximum absolute atomic E-state index is 12.5. The van der Waals surface area contributed by atoms with Crippen molar-refractivity contribution in [2.45, 2.75) is 43.2 Å². The van der Waals surface area contributed by atoms with E-state index in [1.54, 1.807) is 16.8 Å². The molecule has 1 saturated heterocycles. The molecule has 1 aliphatic rings. The van der Waals surface area contributed by atoms with E-state index >= 15 is 0 Å². The number of ether oxygens (including phenoxy) is 1. The van der Waals surface area contributed by atoms with Crippen LogP contribution in [0.15, 0.2) is 53.6 Å². The van der Waals surface area contributed by atoms with Gasteiger partial charge in [0.25, 0.3) is 0 Å². The van der Waals surface area contributed by atoms with E-state index in [4.69, 9.17) is 10.5 Å². The van der Waals surface area contributed by atoms with Crippen molar-refractivity contribution < 1.29 is 4.74 Å². The number of nitrogens with two attached hydrogens (primary N) is 1. The van der Waals surface area contributed by atoms with Gasteiger partial charge in [0.2, 0.25) is 0 Å². The Labute approximate surface area is 189 Å². The molecule has 164 valence electrons. The van der Waals surface area contributed by atoms with E-state index in [1.807, 2.05) is 64.7 Å². The minimum absolute atomic E-state index is 0.111. The van der Waals surface area contributed by atoms with Crippen LogP contribution in [-0.4, -0.2) is 52.7 Å². The topological polar surface area (TPSA) is 101 Å². The molecule has 0 aliphatic carbocycles. The van der Waals surface area contributed by atoms with Crippen molar-refractivity contribution in [3.8, 4) is 11.3 Å². The molecule has 0 radical (unpaired) electrons. The standard InChI is InChI=1S/C21H26N6O2S2/c1-3-30-18-16(13-26-12-15(24-25-26)14-8-6-5-7-9-14)29-20(19(18)31-4-2)27-11-10-17(22)23-21(27)28/h5-12,16,18-20H,3-4,13H2,1-2H3,(H2,22,23,28)/t16-,18-,19-,20-/m1/s1. The summed E-state index contributed by atoms with van der Waals surface area (Å²) in [6, 6.07) is 11.6. The smallest absolute Gasteiger partial charge is 0.351 e. The van der Waals surface area contributed by atoms with Gasteiger partial charge in [-0.2, -0.15) is 28.5 Å². The van der Waals surface area contributed by atoms with Crippen molar-refractivity contribution in [1.29, 1.82) is 0 Å². The summed E-state index contributed by atoms with van der Waals surface area (Å²) in [5, 5.41) is 8.96. The zero-order chi connectivity index (χ0) is 21.8. The van der Waals surface area contributed by atoms with Crippen LogP contribution in [0.2, 0.25) is 0 Å². The molecular weight excluding hydrogens is 432 g/mol. The Balaban J connectivity index is 1.60. The highest BCUT2D eigenvalue weighted by molar-refractivity contribution is 8.03. The lowest BCUT2D eigenvalue weighted by Crippen LogP contribution is -2.33. The molecular formula is C21H26N6O2S2. The molecule has 10 heteroatoms. The van der Waals surface area contributed by atoms with E-state index in [2.05, 4.69) is 29.1 Å². The summed E-state index contributed by atoms with van der Waals surface area (Å²) < 4.78 is 9.86. The van der Waals surface area contributed by atoms with E-state index < -0.39 is 6.23 Å². The van der Waals surface area contributed by atoms with Crippen LogP contribution in [-0.2, 0) is 11.3 Å². The van der Waals surface area contributed by atoms with Gasteiger partial charge in [0.05, 0.1) is 24.1 Å². The molecule has 3 aromatic rings. The first-order chi connectivity index (χ1) is 15.1. The average molecular weight is 459 g/mol. The van der Waals surface area contributed by atoms with E-state index in [-0.39, 0.29) is 28.1 Å². The highest BCUT2D eigenvalue weighted by Crippen LogP contribution is 2.43. The third-order valence-corrected chi connectivity index (χ3v) is 7.84. The zero-order valence-corrected chi connectivity index (χ0v) is 19.1. The fourth-order valence-electron chi connectivity index (χ4n) is 3.78. The molecule has 2 aromatic heterocycles. The monoisotopic (exact) mass is 458 g/mol. The first-order valence-corrected chi connectivity index (χ1v) is 12.4. The van der Waals surface area contributed by atoms with E-state index in [1.165, 1.54) is 0 Å². The van der Waals surface area contributed by atoms with Crippen LogP contribution in [0, 0.1) is 0 Å². The van der Waals surface area contributed by atoms with Gasteiger partial charge in [-0.15, -0.1) is 5.10 Å². The van der Waals surface area contributed by atoms with Gasteiger partial charge in [-0.1, -0.05) is 49.4 Å². The molecule has 0 amide bonds. The lowest BCUT2D eigenvalue weighted by atomic mass is 10.2. The summed E-state index contributed by atoms with van der Waals surface area (Å²) in [5.41, 5.74) is 7.14. The molecule has 1 aromatic carbocycles. The second-order valence-corrected chi connectivity index (χ2v) is 10.0. The summed E-state index contributed by atoms with van der Waals surface area (Å²) in [4.78, 5) is 16.4. The Bertz CT molecular complexity index is 1060. The number of anilines is 1. The van der Waals surface area contributed by atoms with Crippen molar-refractivity contribution in [2.75, 3.05) is 17.2 Å². The number of nitrogen functional groups attached to an aromatic ring is 1. The van der Waals surface area contributed by atoms with Crippen LogP contribution in [0.5, 0.6) is 0 Å². The minimum atomic E-state index is -0.406. The molecule has 1 fully saturated rings. The zero-order valence-electron chi connectivity index (χ0n) is 17.5. The molecule has 0 unspecified atom stereocenters. The summed E-state index contributed by atoms with van der Waals surface area (Å²) >= 11 is 3.67. The highest BCUT2D eigenvalue weighted by atomic mass is 32.2. The molecule has 4 rings (SSSR count).